The van der Waals surface area contributed by atoms with Crippen LogP contribution >= 0.6 is 12.2 Å². The summed E-state index contributed by atoms with van der Waals surface area (Å²) in [5.41, 5.74) is 6.41. The fraction of sp³-hybridized carbons (Fsp3) is 0.417. The van der Waals surface area contributed by atoms with Crippen LogP contribution in [0.4, 0.5) is 0 Å². The van der Waals surface area contributed by atoms with E-state index < -0.39 is 16.3 Å². The van der Waals surface area contributed by atoms with E-state index in [1.54, 1.807) is 12.1 Å². The largest absolute Gasteiger partial charge is 0.392 e. The minimum Gasteiger partial charge on any atom is -0.392 e. The summed E-state index contributed by atoms with van der Waals surface area (Å²) in [7, 11) is -3.54. The molecule has 1 aromatic carbocycles. The molecule has 0 saturated carbocycles. The van der Waals surface area contributed by atoms with E-state index in [1.165, 1.54) is 4.31 Å². The molecule has 2 rings (SSSR count). The summed E-state index contributed by atoms with van der Waals surface area (Å²) in [6.07, 6.45) is 1.79. The Morgan fingerprint density at radius 3 is 2.37 bits per heavy atom. The first-order valence-corrected chi connectivity index (χ1v) is 7.97. The minimum atomic E-state index is -3.54. The summed E-state index contributed by atoms with van der Waals surface area (Å²) in [5.74, 6) is 0. The Morgan fingerprint density at radius 1 is 1.26 bits per heavy atom. The van der Waals surface area contributed by atoms with Crippen LogP contribution in [0.2, 0.25) is 0 Å². The van der Waals surface area contributed by atoms with Crippen molar-refractivity contribution in [2.75, 3.05) is 13.1 Å². The van der Waals surface area contributed by atoms with Crippen molar-refractivity contribution >= 4 is 27.4 Å². The van der Waals surface area contributed by atoms with E-state index >= 15 is 0 Å². The van der Waals surface area contributed by atoms with E-state index in [-0.39, 0.29) is 4.99 Å². The molecular formula is C12H17N3O2S2. The number of hydrogen-bond acceptors (Lipinski definition) is 3. The molecule has 0 spiro atoms. The maximum Gasteiger partial charge on any atom is 0.280 e. The second kappa shape index (κ2) is 5.96. The molecule has 1 fully saturated rings. The van der Waals surface area contributed by atoms with E-state index in [9.17, 15) is 8.42 Å². The molecule has 1 heterocycles. The van der Waals surface area contributed by atoms with Crippen molar-refractivity contribution in [3.8, 4) is 0 Å². The average molecular weight is 299 g/mol. The topological polar surface area (TPSA) is 75.4 Å². The normalized spacial score (nSPS) is 18.3. The lowest BCUT2D eigenvalue weighted by Gasteiger charge is -2.22. The van der Waals surface area contributed by atoms with Gasteiger partial charge in [-0.3, -0.25) is 0 Å². The molecule has 1 aliphatic heterocycles. The Balaban J connectivity index is 2.20. The summed E-state index contributed by atoms with van der Waals surface area (Å²) in [4.78, 5) is 0.119. The molecule has 1 aromatic rings. The van der Waals surface area contributed by atoms with Crippen LogP contribution in [0.15, 0.2) is 30.3 Å². The van der Waals surface area contributed by atoms with Crippen molar-refractivity contribution in [1.82, 2.24) is 9.03 Å². The summed E-state index contributed by atoms with van der Waals surface area (Å²) >= 11 is 4.97. The molecule has 104 valence electrons. The molecule has 3 N–H and O–H groups in total. The highest BCUT2D eigenvalue weighted by molar-refractivity contribution is 7.87. The van der Waals surface area contributed by atoms with Crippen molar-refractivity contribution < 1.29 is 8.42 Å². The first-order valence-electron chi connectivity index (χ1n) is 6.12. The van der Waals surface area contributed by atoms with E-state index in [0.717, 1.165) is 18.4 Å². The van der Waals surface area contributed by atoms with Crippen LogP contribution in [-0.2, 0) is 10.2 Å². The van der Waals surface area contributed by atoms with Crippen LogP contribution in [0.1, 0.15) is 24.4 Å². The van der Waals surface area contributed by atoms with Crippen molar-refractivity contribution in [1.29, 1.82) is 0 Å². The number of thiocarbonyl (C=S) groups is 1. The molecule has 7 heteroatoms. The molecule has 1 atom stereocenters. The van der Waals surface area contributed by atoms with Crippen LogP contribution < -0.4 is 10.5 Å². The third-order valence-electron chi connectivity index (χ3n) is 3.09. The van der Waals surface area contributed by atoms with Gasteiger partial charge < -0.3 is 5.73 Å². The minimum absolute atomic E-state index is 0.119. The average Bonchev–Trinajstić information content (AvgIpc) is 2.91. The highest BCUT2D eigenvalue weighted by atomic mass is 32.2. The van der Waals surface area contributed by atoms with Gasteiger partial charge in [-0.25, -0.2) is 0 Å². The third-order valence-corrected chi connectivity index (χ3v) is 4.90. The first-order chi connectivity index (χ1) is 9.00. The molecule has 0 aliphatic carbocycles. The van der Waals surface area contributed by atoms with E-state index in [2.05, 4.69) is 4.72 Å². The van der Waals surface area contributed by atoms with Gasteiger partial charge in [0, 0.05) is 13.1 Å². The third kappa shape index (κ3) is 3.50. The molecule has 0 bridgehead atoms. The number of rotatable bonds is 5. The van der Waals surface area contributed by atoms with Crippen LogP contribution in [0.3, 0.4) is 0 Å². The smallest absolute Gasteiger partial charge is 0.280 e. The maximum atomic E-state index is 12.2. The summed E-state index contributed by atoms with van der Waals surface area (Å²) in [5, 5.41) is 0. The Kier molecular flexibility index (Phi) is 4.51. The second-order valence-corrected chi connectivity index (χ2v) is 6.65. The fourth-order valence-corrected chi connectivity index (χ4v) is 3.81. The maximum absolute atomic E-state index is 12.2. The predicted molar refractivity (Wildman–Crippen MR) is 78.8 cm³/mol. The Bertz CT molecular complexity index is 539. The zero-order valence-electron chi connectivity index (χ0n) is 10.5. The number of benzene rings is 1. The van der Waals surface area contributed by atoms with Gasteiger partial charge in [0.15, 0.2) is 0 Å². The highest BCUT2D eigenvalue weighted by Crippen LogP contribution is 2.18. The Hall–Kier alpha value is -1.02. The fourth-order valence-electron chi connectivity index (χ4n) is 2.09. The summed E-state index contributed by atoms with van der Waals surface area (Å²) < 4.78 is 28.5. The molecule has 1 unspecified atom stereocenters. The van der Waals surface area contributed by atoms with Crippen molar-refractivity contribution in [2.24, 2.45) is 5.73 Å². The lowest BCUT2D eigenvalue weighted by Crippen LogP contribution is -2.44. The van der Waals surface area contributed by atoms with Crippen LogP contribution in [0.25, 0.3) is 0 Å². The van der Waals surface area contributed by atoms with E-state index in [1.807, 2.05) is 18.2 Å². The van der Waals surface area contributed by atoms with Crippen molar-refractivity contribution in [3.63, 3.8) is 0 Å². The van der Waals surface area contributed by atoms with Gasteiger partial charge in [0.2, 0.25) is 0 Å². The van der Waals surface area contributed by atoms with Crippen LogP contribution in [0, 0.1) is 0 Å². The summed E-state index contributed by atoms with van der Waals surface area (Å²) in [6.45, 7) is 1.10. The zero-order valence-corrected chi connectivity index (χ0v) is 12.1. The predicted octanol–water partition coefficient (Wildman–Crippen LogP) is 0.944. The monoisotopic (exact) mass is 299 g/mol. The number of nitrogens with one attached hydrogen (secondary N) is 1. The molecule has 0 amide bonds. The van der Waals surface area contributed by atoms with Gasteiger partial charge in [-0.2, -0.15) is 17.4 Å². The molecule has 0 radical (unpaired) electrons. The lowest BCUT2D eigenvalue weighted by atomic mass is 10.1. The highest BCUT2D eigenvalue weighted by Gasteiger charge is 2.29. The number of hydrogen-bond donors (Lipinski definition) is 2. The van der Waals surface area contributed by atoms with Crippen molar-refractivity contribution in [3.05, 3.63) is 35.9 Å². The van der Waals surface area contributed by atoms with Gasteiger partial charge in [0.25, 0.3) is 10.2 Å². The lowest BCUT2D eigenvalue weighted by molar-refractivity contribution is 0.462. The first kappa shape index (κ1) is 14.4. The second-order valence-electron chi connectivity index (χ2n) is 4.48. The quantitative estimate of drug-likeness (QED) is 0.794. The van der Waals surface area contributed by atoms with E-state index in [0.29, 0.717) is 13.1 Å². The standard InChI is InChI=1S/C12H17N3O2S2/c13-12(18)11(10-6-2-1-3-7-10)14-19(16,17)15-8-4-5-9-15/h1-3,6-7,11,14H,4-5,8-9H2,(H2,13,18). The van der Waals surface area contributed by atoms with Gasteiger partial charge in [-0.1, -0.05) is 42.5 Å². The molecule has 1 aliphatic rings. The van der Waals surface area contributed by atoms with Crippen molar-refractivity contribution in [2.45, 2.75) is 18.9 Å². The SMILES string of the molecule is NC(=S)C(NS(=O)(=O)N1CCCC1)c1ccccc1. The Labute approximate surface area is 119 Å². The molecule has 19 heavy (non-hydrogen) atoms. The van der Waals surface area contributed by atoms with Gasteiger partial charge in [-0.15, -0.1) is 0 Å². The Morgan fingerprint density at radius 2 is 1.84 bits per heavy atom. The van der Waals surface area contributed by atoms with Gasteiger partial charge in [0.1, 0.15) is 0 Å². The van der Waals surface area contributed by atoms with Crippen LogP contribution in [0.5, 0.6) is 0 Å². The van der Waals surface area contributed by atoms with Gasteiger partial charge in [0.05, 0.1) is 11.0 Å². The van der Waals surface area contributed by atoms with Crippen LogP contribution in [-0.4, -0.2) is 30.8 Å². The zero-order chi connectivity index (χ0) is 13.9. The number of nitrogens with two attached hydrogens (primary N) is 1. The molecule has 1 saturated heterocycles. The molecule has 0 aromatic heterocycles. The molecule has 5 nitrogen and oxygen atoms in total. The summed E-state index contributed by atoms with van der Waals surface area (Å²) in [6, 6.07) is 8.44. The molecular weight excluding hydrogens is 282 g/mol. The van der Waals surface area contributed by atoms with E-state index in [4.69, 9.17) is 18.0 Å². The van der Waals surface area contributed by atoms with Gasteiger partial charge >= 0.3 is 0 Å². The van der Waals surface area contributed by atoms with Gasteiger partial charge in [-0.05, 0) is 18.4 Å². The number of nitrogens with zero attached hydrogens (tertiary/aromatic N) is 1.